The van der Waals surface area contributed by atoms with E-state index in [4.69, 9.17) is 20.0 Å². The zero-order valence-electron chi connectivity index (χ0n) is 35.1. The molecule has 2 aliphatic rings. The number of amidine groups is 2. The molecule has 0 fully saturated rings. The Bertz CT molecular complexity index is 2820. The van der Waals surface area contributed by atoms with Gasteiger partial charge in [-0.15, -0.1) is 0 Å². The van der Waals surface area contributed by atoms with Gasteiger partial charge in [-0.1, -0.05) is 48.5 Å². The molecule has 0 atom stereocenters. The molecule has 290 valence electrons. The highest BCUT2D eigenvalue weighted by molar-refractivity contribution is 6.12. The molecule has 4 aromatic carbocycles. The van der Waals surface area contributed by atoms with Crippen LogP contribution in [0.3, 0.4) is 0 Å². The lowest BCUT2D eigenvalue weighted by atomic mass is 9.83. The van der Waals surface area contributed by atoms with Gasteiger partial charge in [-0.3, -0.25) is 19.1 Å². The minimum absolute atomic E-state index is 0.179. The number of rotatable bonds is 5. The third-order valence-electron chi connectivity index (χ3n) is 13.8. The Morgan fingerprint density at radius 1 is 0.414 bits per heavy atom. The van der Waals surface area contributed by atoms with E-state index < -0.39 is 0 Å². The zero-order chi connectivity index (χ0) is 40.5. The first-order valence-corrected chi connectivity index (χ1v) is 20.3. The van der Waals surface area contributed by atoms with Gasteiger partial charge in [-0.05, 0) is 141 Å². The molecule has 8 aromatic rings. The molecule has 0 saturated carbocycles. The standard InChI is InChI=1S/C50H50N8/c1-31-53-47(3,4)49(7,8)57(31)35-21-25-45(51-29-35)55-41-17-13-11-15-37(41)39-27-33(19-23-43(39)55)34-20-24-44-40(28-34)38-16-12-14-18-42(38)56(44)46-26-22-36(30-52-46)58-32(2)54-48(5,6)50(58,9)10/h11-30H,1-10H3. The van der Waals surface area contributed by atoms with Crippen molar-refractivity contribution in [2.45, 2.75) is 91.4 Å². The Morgan fingerprint density at radius 3 is 1.14 bits per heavy atom. The van der Waals surface area contributed by atoms with Gasteiger partial charge in [0.1, 0.15) is 23.3 Å². The first kappa shape index (κ1) is 36.1. The maximum atomic E-state index is 5.08. The molecule has 0 spiro atoms. The van der Waals surface area contributed by atoms with Crippen molar-refractivity contribution in [3.8, 4) is 22.8 Å². The predicted molar refractivity (Wildman–Crippen MR) is 244 cm³/mol. The second kappa shape index (κ2) is 12.1. The third kappa shape index (κ3) is 4.99. The van der Waals surface area contributed by atoms with Crippen molar-refractivity contribution in [1.82, 2.24) is 19.1 Å². The summed E-state index contributed by atoms with van der Waals surface area (Å²) in [6, 6.07) is 39.6. The quantitative estimate of drug-likeness (QED) is 0.175. The zero-order valence-corrected chi connectivity index (χ0v) is 35.1. The number of anilines is 2. The highest BCUT2D eigenvalue weighted by Crippen LogP contribution is 2.43. The summed E-state index contributed by atoms with van der Waals surface area (Å²) >= 11 is 0. The largest absolute Gasteiger partial charge is 0.321 e. The smallest absolute Gasteiger partial charge is 0.137 e. The molecule has 4 aromatic heterocycles. The lowest BCUT2D eigenvalue weighted by Gasteiger charge is -2.41. The number of pyridine rings is 2. The van der Waals surface area contributed by atoms with Crippen molar-refractivity contribution in [3.63, 3.8) is 0 Å². The summed E-state index contributed by atoms with van der Waals surface area (Å²) in [6.45, 7) is 22.0. The molecule has 8 nitrogen and oxygen atoms in total. The molecule has 0 saturated heterocycles. The summed E-state index contributed by atoms with van der Waals surface area (Å²) in [6.07, 6.45) is 3.99. The maximum absolute atomic E-state index is 5.08. The number of nitrogens with zero attached hydrogens (tertiary/aromatic N) is 8. The first-order valence-electron chi connectivity index (χ1n) is 20.3. The predicted octanol–water partition coefficient (Wildman–Crippen LogP) is 11.9. The molecule has 0 unspecified atom stereocenters. The average Bonchev–Trinajstić information content (AvgIpc) is 3.80. The van der Waals surface area contributed by atoms with E-state index in [-0.39, 0.29) is 22.2 Å². The van der Waals surface area contributed by atoms with E-state index in [1.165, 1.54) is 32.7 Å². The van der Waals surface area contributed by atoms with Crippen molar-refractivity contribution in [2.24, 2.45) is 9.98 Å². The van der Waals surface area contributed by atoms with Gasteiger partial charge in [-0.2, -0.15) is 0 Å². The summed E-state index contributed by atoms with van der Waals surface area (Å²) < 4.78 is 4.57. The molecular weight excluding hydrogens is 713 g/mol. The van der Waals surface area contributed by atoms with E-state index in [0.29, 0.717) is 0 Å². The normalized spacial score (nSPS) is 18.2. The van der Waals surface area contributed by atoms with Crippen LogP contribution in [0, 0.1) is 0 Å². The van der Waals surface area contributed by atoms with E-state index in [1.807, 2.05) is 12.4 Å². The SMILES string of the molecule is CC1=NC(C)(C)C(C)(C)N1c1ccc(-n2c3ccccc3c3cc(-c4ccc5c(c4)c4ccccc4n5-c4ccc(N5C(C)=NC(C)(C)C5(C)C)cn4)ccc32)nc1. The second-order valence-electron chi connectivity index (χ2n) is 18.1. The van der Waals surface area contributed by atoms with E-state index in [0.717, 1.165) is 56.7 Å². The van der Waals surface area contributed by atoms with Gasteiger partial charge in [0.15, 0.2) is 0 Å². The summed E-state index contributed by atoms with van der Waals surface area (Å²) in [5.41, 5.74) is 8.18. The van der Waals surface area contributed by atoms with Crippen LogP contribution in [0.5, 0.6) is 0 Å². The van der Waals surface area contributed by atoms with E-state index >= 15 is 0 Å². The highest BCUT2D eigenvalue weighted by atomic mass is 15.3. The summed E-state index contributed by atoms with van der Waals surface area (Å²) in [5.74, 6) is 3.81. The number of aromatic nitrogens is 4. The Balaban J connectivity index is 1.04. The van der Waals surface area contributed by atoms with Crippen LogP contribution < -0.4 is 9.80 Å². The van der Waals surface area contributed by atoms with Crippen molar-refractivity contribution in [3.05, 3.63) is 122 Å². The molecule has 0 amide bonds. The molecule has 0 bridgehead atoms. The van der Waals surface area contributed by atoms with Gasteiger partial charge < -0.3 is 9.80 Å². The van der Waals surface area contributed by atoms with Gasteiger partial charge in [0, 0.05) is 21.5 Å². The van der Waals surface area contributed by atoms with Crippen LogP contribution in [0.15, 0.2) is 132 Å². The van der Waals surface area contributed by atoms with Crippen molar-refractivity contribution >= 4 is 66.7 Å². The minimum atomic E-state index is -0.204. The lowest BCUT2D eigenvalue weighted by Crippen LogP contribution is -2.53. The molecule has 10 rings (SSSR count). The third-order valence-corrected chi connectivity index (χ3v) is 13.8. The maximum Gasteiger partial charge on any atom is 0.137 e. The van der Waals surface area contributed by atoms with Gasteiger partial charge in [-0.25, -0.2) is 9.97 Å². The topological polar surface area (TPSA) is 66.8 Å². The van der Waals surface area contributed by atoms with Crippen LogP contribution in [0.25, 0.3) is 66.4 Å². The van der Waals surface area contributed by atoms with Crippen molar-refractivity contribution in [1.29, 1.82) is 0 Å². The van der Waals surface area contributed by atoms with Crippen LogP contribution in [0.2, 0.25) is 0 Å². The number of para-hydroxylation sites is 2. The Hall–Kier alpha value is -6.28. The monoisotopic (exact) mass is 762 g/mol. The van der Waals surface area contributed by atoms with Gasteiger partial charge in [0.25, 0.3) is 0 Å². The number of fused-ring (bicyclic) bond motifs is 6. The molecule has 0 N–H and O–H groups in total. The summed E-state index contributed by atoms with van der Waals surface area (Å²) in [4.78, 5) is 24.8. The number of hydrogen-bond donors (Lipinski definition) is 0. The van der Waals surface area contributed by atoms with Crippen LogP contribution in [-0.2, 0) is 0 Å². The van der Waals surface area contributed by atoms with Gasteiger partial charge in [0.05, 0.1) is 68.0 Å². The molecule has 0 aliphatic carbocycles. The lowest BCUT2D eigenvalue weighted by molar-refractivity contribution is 0.338. The number of benzene rings is 4. The summed E-state index contributed by atoms with van der Waals surface area (Å²) in [5, 5.41) is 4.79. The summed E-state index contributed by atoms with van der Waals surface area (Å²) in [7, 11) is 0. The Kier molecular flexibility index (Phi) is 7.54. The van der Waals surface area contributed by atoms with Crippen LogP contribution in [0.1, 0.15) is 69.2 Å². The first-order chi connectivity index (χ1) is 27.6. The highest BCUT2D eigenvalue weighted by Gasteiger charge is 2.49. The molecule has 0 radical (unpaired) electrons. The number of hydrogen-bond acceptors (Lipinski definition) is 6. The minimum Gasteiger partial charge on any atom is -0.321 e. The fourth-order valence-corrected chi connectivity index (χ4v) is 9.64. The fourth-order valence-electron chi connectivity index (χ4n) is 9.64. The van der Waals surface area contributed by atoms with Gasteiger partial charge >= 0.3 is 0 Å². The second-order valence-corrected chi connectivity index (χ2v) is 18.1. The average molecular weight is 763 g/mol. The van der Waals surface area contributed by atoms with Crippen molar-refractivity contribution < 1.29 is 0 Å². The Morgan fingerprint density at radius 2 is 0.793 bits per heavy atom. The van der Waals surface area contributed by atoms with Crippen LogP contribution >= 0.6 is 0 Å². The van der Waals surface area contributed by atoms with Crippen LogP contribution in [0.4, 0.5) is 11.4 Å². The fraction of sp³-hybridized carbons (Fsp3) is 0.280. The molecule has 58 heavy (non-hydrogen) atoms. The number of aliphatic imine (C=N–C) groups is 2. The molecule has 8 heteroatoms. The molecule has 2 aliphatic heterocycles. The molecular formula is C50H50N8. The van der Waals surface area contributed by atoms with E-state index in [1.54, 1.807) is 0 Å². The molecule has 6 heterocycles. The Labute approximate surface area is 340 Å². The van der Waals surface area contributed by atoms with E-state index in [2.05, 4.69) is 197 Å². The van der Waals surface area contributed by atoms with Gasteiger partial charge in [0.2, 0.25) is 0 Å². The van der Waals surface area contributed by atoms with Crippen molar-refractivity contribution in [2.75, 3.05) is 9.80 Å². The van der Waals surface area contributed by atoms with E-state index in [9.17, 15) is 0 Å². The van der Waals surface area contributed by atoms with Crippen LogP contribution in [-0.4, -0.2) is 52.9 Å².